The van der Waals surface area contributed by atoms with E-state index in [2.05, 4.69) is 4.90 Å². The van der Waals surface area contributed by atoms with Gasteiger partial charge in [0.2, 0.25) is 0 Å². The van der Waals surface area contributed by atoms with E-state index in [0.717, 1.165) is 19.4 Å². The Labute approximate surface area is 129 Å². The second-order valence-electron chi connectivity index (χ2n) is 4.58. The van der Waals surface area contributed by atoms with Crippen molar-refractivity contribution in [1.82, 2.24) is 4.90 Å². The van der Waals surface area contributed by atoms with Crippen LogP contribution in [0.1, 0.15) is 23.2 Å². The van der Waals surface area contributed by atoms with Crippen LogP contribution in [0.4, 0.5) is 0 Å². The molecule has 6 heteroatoms. The number of hydrogen-bond donors (Lipinski definition) is 0. The summed E-state index contributed by atoms with van der Waals surface area (Å²) in [6.07, 6.45) is 1.76. The van der Waals surface area contributed by atoms with Crippen molar-refractivity contribution < 1.29 is 14.3 Å². The zero-order valence-corrected chi connectivity index (χ0v) is 13.4. The van der Waals surface area contributed by atoms with Crippen LogP contribution in [-0.4, -0.2) is 45.2 Å². The lowest BCUT2D eigenvalue weighted by Gasteiger charge is -2.12. The Bertz CT molecular complexity index is 464. The maximum absolute atomic E-state index is 12.0. The Hall–Kier alpha value is -0.970. The topological polar surface area (TPSA) is 38.8 Å². The zero-order valence-electron chi connectivity index (χ0n) is 11.9. The van der Waals surface area contributed by atoms with Crippen LogP contribution in [0.2, 0.25) is 10.0 Å². The predicted octanol–water partition coefficient (Wildman–Crippen LogP) is 3.50. The molecule has 0 aliphatic heterocycles. The summed E-state index contributed by atoms with van der Waals surface area (Å²) in [6, 6.07) is 3.13. The highest BCUT2D eigenvalue weighted by Gasteiger charge is 2.20. The Kier molecular flexibility index (Phi) is 7.13. The monoisotopic (exact) mass is 319 g/mol. The van der Waals surface area contributed by atoms with Gasteiger partial charge in [-0.15, -0.1) is 0 Å². The third kappa shape index (κ3) is 4.85. The van der Waals surface area contributed by atoms with E-state index in [4.69, 9.17) is 32.7 Å². The smallest absolute Gasteiger partial charge is 0.343 e. The molecule has 0 aliphatic carbocycles. The van der Waals surface area contributed by atoms with E-state index in [1.165, 1.54) is 7.11 Å². The third-order valence-corrected chi connectivity index (χ3v) is 3.31. The van der Waals surface area contributed by atoms with Crippen LogP contribution in [0.15, 0.2) is 12.1 Å². The molecule has 0 atom stereocenters. The van der Waals surface area contributed by atoms with E-state index in [1.54, 1.807) is 12.1 Å². The molecular formula is C14H19Cl2NO3. The minimum atomic E-state index is -0.515. The maximum Gasteiger partial charge on any atom is 0.343 e. The first kappa shape index (κ1) is 17.1. The molecule has 0 fully saturated rings. The van der Waals surface area contributed by atoms with Crippen LogP contribution < -0.4 is 4.74 Å². The highest BCUT2D eigenvalue weighted by Crippen LogP contribution is 2.34. The van der Waals surface area contributed by atoms with Crippen LogP contribution in [0.3, 0.4) is 0 Å². The third-order valence-electron chi connectivity index (χ3n) is 2.70. The Morgan fingerprint density at radius 3 is 2.45 bits per heavy atom. The van der Waals surface area contributed by atoms with Gasteiger partial charge in [0, 0.05) is 0 Å². The number of ether oxygens (including phenoxy) is 2. The number of hydrogen-bond acceptors (Lipinski definition) is 4. The van der Waals surface area contributed by atoms with E-state index in [-0.39, 0.29) is 16.3 Å². The van der Waals surface area contributed by atoms with Crippen molar-refractivity contribution in [2.75, 3.05) is 34.4 Å². The van der Waals surface area contributed by atoms with Gasteiger partial charge < -0.3 is 14.4 Å². The molecule has 112 valence electrons. The summed E-state index contributed by atoms with van der Waals surface area (Å²) in [4.78, 5) is 14.1. The SMILES string of the molecule is COc1c(Cl)ccc(Cl)c1C(=O)OCCCCN(C)C. The molecule has 0 amide bonds. The lowest BCUT2D eigenvalue weighted by atomic mass is 10.2. The van der Waals surface area contributed by atoms with Gasteiger partial charge in [-0.1, -0.05) is 23.2 Å². The van der Waals surface area contributed by atoms with Gasteiger partial charge >= 0.3 is 5.97 Å². The molecule has 1 rings (SSSR count). The van der Waals surface area contributed by atoms with Crippen molar-refractivity contribution in [2.45, 2.75) is 12.8 Å². The summed E-state index contributed by atoms with van der Waals surface area (Å²) in [5, 5.41) is 0.598. The Morgan fingerprint density at radius 2 is 1.85 bits per heavy atom. The van der Waals surface area contributed by atoms with E-state index in [1.807, 2.05) is 14.1 Å². The average molecular weight is 320 g/mol. The molecular weight excluding hydrogens is 301 g/mol. The summed E-state index contributed by atoms with van der Waals surface area (Å²) in [5.41, 5.74) is 0.175. The minimum absolute atomic E-state index is 0.175. The molecule has 0 radical (unpaired) electrons. The number of benzene rings is 1. The van der Waals surface area contributed by atoms with Crippen molar-refractivity contribution in [3.63, 3.8) is 0 Å². The largest absolute Gasteiger partial charge is 0.494 e. The first-order valence-corrected chi connectivity index (χ1v) is 7.06. The lowest BCUT2D eigenvalue weighted by molar-refractivity contribution is 0.0493. The first-order chi connectivity index (χ1) is 9.47. The zero-order chi connectivity index (χ0) is 15.1. The summed E-state index contributed by atoms with van der Waals surface area (Å²) in [7, 11) is 5.44. The van der Waals surface area contributed by atoms with Crippen molar-refractivity contribution in [1.29, 1.82) is 0 Å². The number of methoxy groups -OCH3 is 1. The molecule has 4 nitrogen and oxygen atoms in total. The van der Waals surface area contributed by atoms with Gasteiger partial charge in [0.05, 0.1) is 23.8 Å². The molecule has 0 heterocycles. The number of rotatable bonds is 7. The molecule has 0 saturated heterocycles. The molecule has 20 heavy (non-hydrogen) atoms. The fourth-order valence-corrected chi connectivity index (χ4v) is 2.15. The molecule has 0 N–H and O–H groups in total. The van der Waals surface area contributed by atoms with E-state index in [9.17, 15) is 4.79 Å². The van der Waals surface area contributed by atoms with E-state index >= 15 is 0 Å². The summed E-state index contributed by atoms with van der Waals surface area (Å²) >= 11 is 12.0. The molecule has 1 aromatic carbocycles. The average Bonchev–Trinajstić information content (AvgIpc) is 2.39. The van der Waals surface area contributed by atoms with Crippen LogP contribution in [-0.2, 0) is 4.74 Å². The molecule has 1 aromatic rings. The fourth-order valence-electron chi connectivity index (χ4n) is 1.69. The maximum atomic E-state index is 12.0. The van der Waals surface area contributed by atoms with Crippen molar-refractivity contribution >= 4 is 29.2 Å². The van der Waals surface area contributed by atoms with Gasteiger partial charge in [0.15, 0.2) is 5.75 Å². The predicted molar refractivity (Wildman–Crippen MR) is 81.1 cm³/mol. The summed E-state index contributed by atoms with van der Waals surface area (Å²) in [6.45, 7) is 1.30. The molecule has 0 bridgehead atoms. The summed E-state index contributed by atoms with van der Waals surface area (Å²) in [5.74, 6) is -0.267. The van der Waals surface area contributed by atoms with Crippen LogP contribution in [0.5, 0.6) is 5.75 Å². The second-order valence-corrected chi connectivity index (χ2v) is 5.40. The number of carbonyl (C=O) groups excluding carboxylic acids is 1. The first-order valence-electron chi connectivity index (χ1n) is 6.31. The van der Waals surface area contributed by atoms with Crippen molar-refractivity contribution in [3.8, 4) is 5.75 Å². The molecule has 0 saturated carbocycles. The Balaban J connectivity index is 2.62. The van der Waals surface area contributed by atoms with Gasteiger partial charge in [-0.3, -0.25) is 0 Å². The van der Waals surface area contributed by atoms with Gasteiger partial charge in [-0.2, -0.15) is 0 Å². The van der Waals surface area contributed by atoms with Crippen molar-refractivity contribution in [2.24, 2.45) is 0 Å². The fraction of sp³-hybridized carbons (Fsp3) is 0.500. The Morgan fingerprint density at radius 1 is 1.20 bits per heavy atom. The van der Waals surface area contributed by atoms with E-state index in [0.29, 0.717) is 11.6 Å². The van der Waals surface area contributed by atoms with Gasteiger partial charge in [-0.25, -0.2) is 4.79 Å². The number of nitrogens with zero attached hydrogens (tertiary/aromatic N) is 1. The highest BCUT2D eigenvalue weighted by molar-refractivity contribution is 6.37. The number of esters is 1. The molecule has 0 unspecified atom stereocenters. The molecule has 0 spiro atoms. The number of carbonyl (C=O) groups is 1. The van der Waals surface area contributed by atoms with Gasteiger partial charge in [0.25, 0.3) is 0 Å². The van der Waals surface area contributed by atoms with Crippen LogP contribution >= 0.6 is 23.2 Å². The van der Waals surface area contributed by atoms with Gasteiger partial charge in [-0.05, 0) is 45.6 Å². The van der Waals surface area contributed by atoms with Crippen molar-refractivity contribution in [3.05, 3.63) is 27.7 Å². The van der Waals surface area contributed by atoms with Gasteiger partial charge in [0.1, 0.15) is 5.56 Å². The highest BCUT2D eigenvalue weighted by atomic mass is 35.5. The van der Waals surface area contributed by atoms with Crippen LogP contribution in [0.25, 0.3) is 0 Å². The van der Waals surface area contributed by atoms with Crippen LogP contribution in [0, 0.1) is 0 Å². The number of halogens is 2. The second kappa shape index (κ2) is 8.35. The molecule has 0 aliphatic rings. The lowest BCUT2D eigenvalue weighted by Crippen LogP contribution is -2.14. The standard InChI is InChI=1S/C14H19Cl2NO3/c1-17(2)8-4-5-9-20-14(18)12-10(15)6-7-11(16)13(12)19-3/h6-7H,4-5,8-9H2,1-3H3. The minimum Gasteiger partial charge on any atom is -0.494 e. The van der Waals surface area contributed by atoms with E-state index < -0.39 is 5.97 Å². The quantitative estimate of drug-likeness (QED) is 0.569. The summed E-state index contributed by atoms with van der Waals surface area (Å²) < 4.78 is 10.3. The number of unbranched alkanes of at least 4 members (excludes halogenated alkanes) is 1. The molecule has 0 aromatic heterocycles. The normalized spacial score (nSPS) is 10.7.